The third kappa shape index (κ3) is 6.48. The number of halogens is 1. The molecule has 1 aromatic rings. The first-order valence-corrected chi connectivity index (χ1v) is 8.02. The van der Waals surface area contributed by atoms with Crippen molar-refractivity contribution in [3.63, 3.8) is 0 Å². The van der Waals surface area contributed by atoms with Gasteiger partial charge in [0, 0.05) is 5.56 Å². The van der Waals surface area contributed by atoms with Crippen LogP contribution in [0.5, 0.6) is 0 Å². The fraction of sp³-hybridized carbons (Fsp3) is 0.429. The van der Waals surface area contributed by atoms with Crippen molar-refractivity contribution in [3.05, 3.63) is 35.6 Å². The van der Waals surface area contributed by atoms with Crippen molar-refractivity contribution >= 4 is 21.6 Å². The van der Waals surface area contributed by atoms with Crippen molar-refractivity contribution in [2.75, 3.05) is 11.5 Å². The van der Waals surface area contributed by atoms with Crippen molar-refractivity contribution in [3.8, 4) is 0 Å². The van der Waals surface area contributed by atoms with Gasteiger partial charge in [-0.3, -0.25) is 9.59 Å². The average molecular weight is 316 g/mol. The van der Waals surface area contributed by atoms with E-state index < -0.39 is 44.5 Å². The van der Waals surface area contributed by atoms with Gasteiger partial charge >= 0.3 is 5.97 Å². The lowest BCUT2D eigenvalue weighted by Gasteiger charge is -2.19. The van der Waals surface area contributed by atoms with Gasteiger partial charge in [-0.05, 0) is 45.0 Å². The summed E-state index contributed by atoms with van der Waals surface area (Å²) >= 11 is 0. The fourth-order valence-corrected chi connectivity index (χ4v) is 2.61. The molecule has 0 bridgehead atoms. The Labute approximate surface area is 123 Å². The summed E-state index contributed by atoms with van der Waals surface area (Å²) in [6.07, 6.45) is 0. The van der Waals surface area contributed by atoms with Crippen molar-refractivity contribution in [1.29, 1.82) is 0 Å². The lowest BCUT2D eigenvalue weighted by Crippen LogP contribution is -2.30. The van der Waals surface area contributed by atoms with Crippen LogP contribution in [-0.2, 0) is 19.4 Å². The second kappa shape index (κ2) is 6.34. The lowest BCUT2D eigenvalue weighted by atomic mass is 10.1. The molecule has 5 nitrogen and oxygen atoms in total. The minimum atomic E-state index is -3.93. The Morgan fingerprint density at radius 1 is 1.10 bits per heavy atom. The SMILES string of the molecule is CC(C)(C)OC(=O)CS(=O)(=O)CC(=O)c1ccc(F)cc1. The van der Waals surface area contributed by atoms with Crippen LogP contribution in [0.1, 0.15) is 31.1 Å². The van der Waals surface area contributed by atoms with Crippen LogP contribution in [-0.4, -0.2) is 37.3 Å². The van der Waals surface area contributed by atoms with Crippen LogP contribution in [0.15, 0.2) is 24.3 Å². The lowest BCUT2D eigenvalue weighted by molar-refractivity contribution is -0.151. The maximum absolute atomic E-state index is 12.7. The summed E-state index contributed by atoms with van der Waals surface area (Å²) in [7, 11) is -3.93. The largest absolute Gasteiger partial charge is 0.459 e. The van der Waals surface area contributed by atoms with Gasteiger partial charge in [-0.2, -0.15) is 0 Å². The zero-order valence-electron chi connectivity index (χ0n) is 12.1. The number of rotatable bonds is 5. The maximum Gasteiger partial charge on any atom is 0.321 e. The summed E-state index contributed by atoms with van der Waals surface area (Å²) in [6, 6.07) is 4.52. The van der Waals surface area contributed by atoms with Gasteiger partial charge in [0.05, 0.1) is 0 Å². The highest BCUT2D eigenvalue weighted by Crippen LogP contribution is 2.09. The van der Waals surface area contributed by atoms with Crippen LogP contribution in [0.4, 0.5) is 4.39 Å². The van der Waals surface area contributed by atoms with E-state index in [1.54, 1.807) is 20.8 Å². The molecule has 21 heavy (non-hydrogen) atoms. The van der Waals surface area contributed by atoms with Gasteiger partial charge in [0.1, 0.15) is 22.9 Å². The molecular formula is C14H17FO5S. The number of sulfone groups is 1. The van der Waals surface area contributed by atoms with Crippen LogP contribution in [0.25, 0.3) is 0 Å². The van der Waals surface area contributed by atoms with Crippen LogP contribution >= 0.6 is 0 Å². The molecule has 0 fully saturated rings. The Hall–Kier alpha value is -1.76. The van der Waals surface area contributed by atoms with Gasteiger partial charge in [-0.1, -0.05) is 0 Å². The number of Topliss-reactive ketones (excluding diaryl/α,β-unsaturated/α-hetero) is 1. The van der Waals surface area contributed by atoms with Crippen molar-refractivity contribution in [1.82, 2.24) is 0 Å². The summed E-state index contributed by atoms with van der Waals surface area (Å²) in [4.78, 5) is 23.3. The normalized spacial score (nSPS) is 12.0. The third-order valence-corrected chi connectivity index (χ3v) is 3.65. The molecule has 0 N–H and O–H groups in total. The Morgan fingerprint density at radius 2 is 1.62 bits per heavy atom. The zero-order valence-corrected chi connectivity index (χ0v) is 12.9. The number of ether oxygens (including phenoxy) is 1. The number of hydrogen-bond donors (Lipinski definition) is 0. The minimum absolute atomic E-state index is 0.0733. The van der Waals surface area contributed by atoms with Crippen molar-refractivity contribution in [2.24, 2.45) is 0 Å². The molecule has 0 aliphatic heterocycles. The van der Waals surface area contributed by atoms with Crippen LogP contribution in [0.3, 0.4) is 0 Å². The van der Waals surface area contributed by atoms with E-state index in [1.807, 2.05) is 0 Å². The number of benzene rings is 1. The van der Waals surface area contributed by atoms with Gasteiger partial charge in [-0.15, -0.1) is 0 Å². The number of ketones is 1. The molecule has 1 rings (SSSR count). The Morgan fingerprint density at radius 3 is 2.10 bits per heavy atom. The van der Waals surface area contributed by atoms with E-state index in [0.29, 0.717) is 0 Å². The first-order valence-electron chi connectivity index (χ1n) is 6.19. The van der Waals surface area contributed by atoms with E-state index in [4.69, 9.17) is 4.74 Å². The monoisotopic (exact) mass is 316 g/mol. The highest BCUT2D eigenvalue weighted by atomic mass is 32.2. The molecule has 0 atom stereocenters. The molecule has 0 aliphatic carbocycles. The van der Waals surface area contributed by atoms with E-state index in [9.17, 15) is 22.4 Å². The average Bonchev–Trinajstić information content (AvgIpc) is 2.24. The van der Waals surface area contributed by atoms with E-state index in [0.717, 1.165) is 12.1 Å². The first kappa shape index (κ1) is 17.3. The standard InChI is InChI=1S/C14H17FO5S/c1-14(2,3)20-13(17)9-21(18,19)8-12(16)10-4-6-11(15)7-5-10/h4-7H,8-9H2,1-3H3. The van der Waals surface area contributed by atoms with Gasteiger partial charge in [-0.25, -0.2) is 12.8 Å². The summed E-state index contributed by atoms with van der Waals surface area (Å²) in [5.41, 5.74) is -0.725. The molecule has 1 aromatic carbocycles. The van der Waals surface area contributed by atoms with E-state index in [2.05, 4.69) is 0 Å². The van der Waals surface area contributed by atoms with Crippen LogP contribution in [0.2, 0.25) is 0 Å². The second-order valence-electron chi connectivity index (χ2n) is 5.55. The maximum atomic E-state index is 12.7. The zero-order chi connectivity index (χ0) is 16.3. The van der Waals surface area contributed by atoms with Gasteiger partial charge < -0.3 is 4.74 Å². The summed E-state index contributed by atoms with van der Waals surface area (Å²) in [6.45, 7) is 4.84. The Balaban J connectivity index is 2.70. The van der Waals surface area contributed by atoms with E-state index in [-0.39, 0.29) is 5.56 Å². The van der Waals surface area contributed by atoms with Crippen molar-refractivity contribution in [2.45, 2.75) is 26.4 Å². The number of hydrogen-bond acceptors (Lipinski definition) is 5. The molecule has 0 radical (unpaired) electrons. The molecule has 0 aliphatic rings. The topological polar surface area (TPSA) is 77.5 Å². The molecule has 0 unspecified atom stereocenters. The number of carbonyl (C=O) groups is 2. The molecule has 0 heterocycles. The molecule has 116 valence electrons. The molecule has 0 aromatic heterocycles. The summed E-state index contributed by atoms with van der Waals surface area (Å²) in [5, 5.41) is 0. The van der Waals surface area contributed by atoms with E-state index in [1.165, 1.54) is 12.1 Å². The highest BCUT2D eigenvalue weighted by Gasteiger charge is 2.25. The summed E-state index contributed by atoms with van der Waals surface area (Å²) in [5.74, 6) is -3.81. The van der Waals surface area contributed by atoms with Gasteiger partial charge in [0.25, 0.3) is 0 Å². The second-order valence-corrected chi connectivity index (χ2v) is 7.61. The molecular weight excluding hydrogens is 299 g/mol. The van der Waals surface area contributed by atoms with Crippen LogP contribution in [0, 0.1) is 5.82 Å². The summed E-state index contributed by atoms with van der Waals surface area (Å²) < 4.78 is 41.2. The van der Waals surface area contributed by atoms with E-state index >= 15 is 0 Å². The molecule has 0 saturated carbocycles. The van der Waals surface area contributed by atoms with Crippen LogP contribution < -0.4 is 0 Å². The third-order valence-electron chi connectivity index (χ3n) is 2.27. The smallest absolute Gasteiger partial charge is 0.321 e. The first-order chi connectivity index (χ1) is 9.48. The predicted octanol–water partition coefficient (Wildman–Crippen LogP) is 1.76. The predicted molar refractivity (Wildman–Crippen MR) is 75.2 cm³/mol. The Bertz CT molecular complexity index is 626. The highest BCUT2D eigenvalue weighted by molar-refractivity contribution is 7.92. The molecule has 7 heteroatoms. The molecule has 0 spiro atoms. The Kier molecular flexibility index (Phi) is 5.22. The molecule has 0 amide bonds. The minimum Gasteiger partial charge on any atom is -0.459 e. The van der Waals surface area contributed by atoms with Crippen molar-refractivity contribution < 1.29 is 27.1 Å². The quantitative estimate of drug-likeness (QED) is 0.611. The number of carbonyl (C=O) groups excluding carboxylic acids is 2. The molecule has 0 saturated heterocycles. The number of esters is 1. The van der Waals surface area contributed by atoms with Gasteiger partial charge in [0.15, 0.2) is 15.6 Å². The fourth-order valence-electron chi connectivity index (χ4n) is 1.52. The van der Waals surface area contributed by atoms with Gasteiger partial charge in [0.2, 0.25) is 0 Å².